The quantitative estimate of drug-likeness (QED) is 0.745. The van der Waals surface area contributed by atoms with Crippen molar-refractivity contribution in [1.82, 2.24) is 9.88 Å². The lowest BCUT2D eigenvalue weighted by Gasteiger charge is -2.26. The van der Waals surface area contributed by atoms with Gasteiger partial charge < -0.3 is 9.88 Å². The van der Waals surface area contributed by atoms with Crippen LogP contribution in [0.1, 0.15) is 29.6 Å². The number of piperidine rings is 1. The largest absolute Gasteiger partial charge is 0.338 e. The molecule has 1 aliphatic rings. The molecular weight excluding hydrogens is 192 g/mol. The zero-order valence-electron chi connectivity index (χ0n) is 8.53. The molecular formula is C11H14N2O2. The van der Waals surface area contributed by atoms with Crippen LogP contribution < -0.4 is 5.56 Å². The molecule has 0 atom stereocenters. The highest BCUT2D eigenvalue weighted by atomic mass is 16.2. The average molecular weight is 206 g/mol. The third-order valence-corrected chi connectivity index (χ3v) is 2.69. The van der Waals surface area contributed by atoms with E-state index in [1.165, 1.54) is 12.6 Å². The number of carbonyl (C=O) groups excluding carboxylic acids is 1. The van der Waals surface area contributed by atoms with Gasteiger partial charge in [-0.15, -0.1) is 0 Å². The number of amides is 1. The number of aromatic amines is 1. The van der Waals surface area contributed by atoms with Crippen LogP contribution in [-0.4, -0.2) is 28.9 Å². The Kier molecular flexibility index (Phi) is 2.85. The fourth-order valence-corrected chi connectivity index (χ4v) is 1.86. The second-order valence-corrected chi connectivity index (χ2v) is 3.77. The standard InChI is InChI=1S/C11H14N2O2/c14-10-9(5-4-6-12-10)11(15)13-7-2-1-3-8-13/h4-6H,1-3,7-8H2,(H,12,14). The second kappa shape index (κ2) is 4.29. The first-order chi connectivity index (χ1) is 7.29. The van der Waals surface area contributed by atoms with E-state index < -0.39 is 0 Å². The van der Waals surface area contributed by atoms with Crippen LogP contribution in [-0.2, 0) is 0 Å². The van der Waals surface area contributed by atoms with Crippen molar-refractivity contribution in [2.45, 2.75) is 19.3 Å². The van der Waals surface area contributed by atoms with Gasteiger partial charge in [-0.1, -0.05) is 0 Å². The minimum absolute atomic E-state index is 0.142. The van der Waals surface area contributed by atoms with Crippen molar-refractivity contribution in [1.29, 1.82) is 0 Å². The Balaban J connectivity index is 2.20. The molecule has 2 rings (SSSR count). The zero-order chi connectivity index (χ0) is 10.7. The number of hydrogen-bond acceptors (Lipinski definition) is 2. The highest BCUT2D eigenvalue weighted by Gasteiger charge is 2.19. The third kappa shape index (κ3) is 2.09. The summed E-state index contributed by atoms with van der Waals surface area (Å²) in [5, 5.41) is 0. The molecule has 0 aliphatic carbocycles. The molecule has 0 aromatic carbocycles. The van der Waals surface area contributed by atoms with Crippen LogP contribution in [0, 0.1) is 0 Å². The first-order valence-electron chi connectivity index (χ1n) is 5.26. The van der Waals surface area contributed by atoms with E-state index in [1.54, 1.807) is 17.0 Å². The van der Waals surface area contributed by atoms with Gasteiger partial charge >= 0.3 is 0 Å². The van der Waals surface area contributed by atoms with Gasteiger partial charge in [-0.2, -0.15) is 0 Å². The number of likely N-dealkylation sites (tertiary alicyclic amines) is 1. The molecule has 1 amide bonds. The Hall–Kier alpha value is -1.58. The molecule has 1 aliphatic heterocycles. The molecule has 1 fully saturated rings. The van der Waals surface area contributed by atoms with Gasteiger partial charge in [0.1, 0.15) is 5.56 Å². The number of aromatic nitrogens is 1. The van der Waals surface area contributed by atoms with Gasteiger partial charge in [0.15, 0.2) is 0 Å². The summed E-state index contributed by atoms with van der Waals surface area (Å²) >= 11 is 0. The number of rotatable bonds is 1. The fourth-order valence-electron chi connectivity index (χ4n) is 1.86. The molecule has 1 N–H and O–H groups in total. The fraction of sp³-hybridized carbons (Fsp3) is 0.455. The number of pyridine rings is 1. The predicted octanol–water partition coefficient (Wildman–Crippen LogP) is 1.00. The number of carbonyl (C=O) groups is 1. The van der Waals surface area contributed by atoms with Crippen molar-refractivity contribution in [2.75, 3.05) is 13.1 Å². The Morgan fingerprint density at radius 2 is 2.00 bits per heavy atom. The third-order valence-electron chi connectivity index (χ3n) is 2.69. The summed E-state index contributed by atoms with van der Waals surface area (Å²) in [6, 6.07) is 3.26. The molecule has 4 nitrogen and oxygen atoms in total. The van der Waals surface area contributed by atoms with Gasteiger partial charge in [0.2, 0.25) is 0 Å². The molecule has 0 spiro atoms. The Morgan fingerprint density at radius 1 is 1.27 bits per heavy atom. The van der Waals surface area contributed by atoms with E-state index in [9.17, 15) is 9.59 Å². The topological polar surface area (TPSA) is 53.2 Å². The summed E-state index contributed by atoms with van der Waals surface area (Å²) in [7, 11) is 0. The maximum atomic E-state index is 11.9. The van der Waals surface area contributed by atoms with Crippen LogP contribution in [0.4, 0.5) is 0 Å². The van der Waals surface area contributed by atoms with Gasteiger partial charge in [0, 0.05) is 19.3 Å². The molecule has 0 unspecified atom stereocenters. The number of nitrogens with zero attached hydrogens (tertiary/aromatic N) is 1. The van der Waals surface area contributed by atoms with Gasteiger partial charge in [-0.3, -0.25) is 9.59 Å². The maximum absolute atomic E-state index is 11.9. The molecule has 1 aromatic heterocycles. The maximum Gasteiger partial charge on any atom is 0.260 e. The zero-order valence-corrected chi connectivity index (χ0v) is 8.53. The van der Waals surface area contributed by atoms with Crippen LogP contribution in [0.25, 0.3) is 0 Å². The molecule has 1 aromatic rings. The minimum atomic E-state index is -0.298. The molecule has 15 heavy (non-hydrogen) atoms. The number of H-pyrrole nitrogens is 1. The second-order valence-electron chi connectivity index (χ2n) is 3.77. The highest BCUT2D eigenvalue weighted by molar-refractivity contribution is 5.93. The van der Waals surface area contributed by atoms with Crippen molar-refractivity contribution in [2.24, 2.45) is 0 Å². The highest BCUT2D eigenvalue weighted by Crippen LogP contribution is 2.10. The van der Waals surface area contributed by atoms with Crippen LogP contribution in [0.2, 0.25) is 0 Å². The summed E-state index contributed by atoms with van der Waals surface area (Å²) in [6.07, 6.45) is 4.79. The van der Waals surface area contributed by atoms with Crippen molar-refractivity contribution >= 4 is 5.91 Å². The lowest BCUT2D eigenvalue weighted by atomic mass is 10.1. The first-order valence-corrected chi connectivity index (χ1v) is 5.26. The van der Waals surface area contributed by atoms with E-state index in [-0.39, 0.29) is 17.0 Å². The number of hydrogen-bond donors (Lipinski definition) is 1. The molecule has 80 valence electrons. The number of nitrogens with one attached hydrogen (secondary N) is 1. The summed E-state index contributed by atoms with van der Waals surface area (Å²) in [5.41, 5.74) is -0.0486. The van der Waals surface area contributed by atoms with E-state index in [0.717, 1.165) is 25.9 Å². The molecule has 0 saturated carbocycles. The van der Waals surface area contributed by atoms with Gasteiger partial charge in [0.05, 0.1) is 0 Å². The molecule has 0 radical (unpaired) electrons. The smallest absolute Gasteiger partial charge is 0.260 e. The Morgan fingerprint density at radius 3 is 2.67 bits per heavy atom. The molecule has 0 bridgehead atoms. The van der Waals surface area contributed by atoms with Crippen LogP contribution in [0.3, 0.4) is 0 Å². The summed E-state index contributed by atoms with van der Waals surface area (Å²) in [5.74, 6) is -0.142. The predicted molar refractivity (Wildman–Crippen MR) is 56.8 cm³/mol. The molecule has 2 heterocycles. The van der Waals surface area contributed by atoms with Crippen LogP contribution in [0.15, 0.2) is 23.1 Å². The van der Waals surface area contributed by atoms with Gasteiger partial charge in [0.25, 0.3) is 11.5 Å². The van der Waals surface area contributed by atoms with Gasteiger partial charge in [-0.05, 0) is 31.4 Å². The summed E-state index contributed by atoms with van der Waals surface area (Å²) in [4.78, 5) is 27.6. The lowest BCUT2D eigenvalue weighted by molar-refractivity contribution is 0.0722. The van der Waals surface area contributed by atoms with E-state index in [1.807, 2.05) is 0 Å². The van der Waals surface area contributed by atoms with E-state index in [4.69, 9.17) is 0 Å². The van der Waals surface area contributed by atoms with Crippen molar-refractivity contribution in [3.05, 3.63) is 34.2 Å². The normalized spacial score (nSPS) is 16.4. The SMILES string of the molecule is O=C(c1ccc[nH]c1=O)N1CCCCC1. The Bertz CT molecular complexity index is 405. The minimum Gasteiger partial charge on any atom is -0.338 e. The summed E-state index contributed by atoms with van der Waals surface area (Å²) in [6.45, 7) is 1.54. The average Bonchev–Trinajstić information content (AvgIpc) is 2.30. The lowest BCUT2D eigenvalue weighted by Crippen LogP contribution is -2.38. The Labute approximate surface area is 87.9 Å². The summed E-state index contributed by atoms with van der Waals surface area (Å²) < 4.78 is 0. The van der Waals surface area contributed by atoms with Crippen LogP contribution >= 0.6 is 0 Å². The van der Waals surface area contributed by atoms with E-state index >= 15 is 0 Å². The van der Waals surface area contributed by atoms with Crippen LogP contribution in [0.5, 0.6) is 0 Å². The van der Waals surface area contributed by atoms with Crippen molar-refractivity contribution in [3.63, 3.8) is 0 Å². The van der Waals surface area contributed by atoms with Crippen molar-refractivity contribution in [3.8, 4) is 0 Å². The first kappa shape index (κ1) is 9.96. The van der Waals surface area contributed by atoms with E-state index in [2.05, 4.69) is 4.98 Å². The monoisotopic (exact) mass is 206 g/mol. The van der Waals surface area contributed by atoms with E-state index in [0.29, 0.717) is 0 Å². The molecule has 4 heteroatoms. The van der Waals surface area contributed by atoms with Gasteiger partial charge in [-0.25, -0.2) is 0 Å². The molecule has 1 saturated heterocycles. The van der Waals surface area contributed by atoms with Crippen molar-refractivity contribution < 1.29 is 4.79 Å².